The molecule has 0 bridgehead atoms. The number of hydrogen-bond donors (Lipinski definition) is 2. The average Bonchev–Trinajstić information content (AvgIpc) is 2.92. The van der Waals surface area contributed by atoms with Crippen molar-refractivity contribution in [3.05, 3.63) is 87.4 Å². The largest absolute Gasteiger partial charge is 0.486 e. The summed E-state index contributed by atoms with van der Waals surface area (Å²) in [6, 6.07) is 14.0. The normalized spacial score (nSPS) is 14.4. The summed E-state index contributed by atoms with van der Waals surface area (Å²) < 4.78 is 5.79. The van der Waals surface area contributed by atoms with Crippen molar-refractivity contribution in [2.45, 2.75) is 26.4 Å². The van der Waals surface area contributed by atoms with Crippen LogP contribution in [-0.4, -0.2) is 33.0 Å². The fraction of sp³-hybridized carbons (Fsp3) is 0.250. The first-order valence-electron chi connectivity index (χ1n) is 12.2. The average molecular weight is 529 g/mol. The first kappa shape index (κ1) is 25.4. The molecule has 4 aromatic rings. The van der Waals surface area contributed by atoms with E-state index in [1.165, 1.54) is 12.4 Å². The lowest BCUT2D eigenvalue weighted by molar-refractivity contribution is -0.385. The van der Waals surface area contributed by atoms with Crippen LogP contribution in [0.2, 0.25) is 5.02 Å². The summed E-state index contributed by atoms with van der Waals surface area (Å²) >= 11 is 6.45. The molecule has 2 N–H and O–H groups in total. The smallest absolute Gasteiger partial charge is 0.285 e. The van der Waals surface area contributed by atoms with Gasteiger partial charge in [-0.2, -0.15) is 0 Å². The van der Waals surface area contributed by atoms with E-state index in [2.05, 4.69) is 44.4 Å². The van der Waals surface area contributed by atoms with Gasteiger partial charge in [-0.25, -0.2) is 9.97 Å². The number of piperidine rings is 1. The van der Waals surface area contributed by atoms with Crippen molar-refractivity contribution in [2.75, 3.05) is 18.4 Å². The topological polar surface area (TPSA) is 115 Å². The van der Waals surface area contributed by atoms with E-state index >= 15 is 0 Å². The van der Waals surface area contributed by atoms with Crippen LogP contribution in [0, 0.1) is 27.4 Å². The summed E-state index contributed by atoms with van der Waals surface area (Å²) in [7, 11) is 0. The van der Waals surface area contributed by atoms with E-state index in [1.807, 2.05) is 18.2 Å². The second kappa shape index (κ2) is 11.0. The van der Waals surface area contributed by atoms with E-state index in [0.717, 1.165) is 31.6 Å². The van der Waals surface area contributed by atoms with E-state index in [-0.39, 0.29) is 17.7 Å². The number of nitro groups is 1. The number of nitrogens with one attached hydrogen (secondary N) is 2. The molecule has 9 nitrogen and oxygen atoms in total. The molecule has 0 spiro atoms. The maximum absolute atomic E-state index is 11.9. The Morgan fingerprint density at radius 2 is 2.00 bits per heavy atom. The molecule has 192 valence electrons. The number of benzene rings is 2. The lowest BCUT2D eigenvalue weighted by atomic mass is 9.81. The van der Waals surface area contributed by atoms with Gasteiger partial charge in [0.25, 0.3) is 5.69 Å². The van der Waals surface area contributed by atoms with Crippen molar-refractivity contribution in [2.24, 2.45) is 5.41 Å². The minimum absolute atomic E-state index is 0.0864. The molecule has 0 atom stereocenters. The number of anilines is 2. The summed E-state index contributed by atoms with van der Waals surface area (Å²) in [5.74, 6) is 7.27. The van der Waals surface area contributed by atoms with E-state index in [9.17, 15) is 10.1 Å². The minimum Gasteiger partial charge on any atom is -0.486 e. The van der Waals surface area contributed by atoms with Gasteiger partial charge < -0.3 is 15.4 Å². The quantitative estimate of drug-likeness (QED) is 0.187. The second-order valence-corrected chi connectivity index (χ2v) is 9.71. The minimum atomic E-state index is -0.421. The zero-order valence-electron chi connectivity index (χ0n) is 20.7. The molecule has 38 heavy (non-hydrogen) atoms. The zero-order valence-corrected chi connectivity index (χ0v) is 21.5. The lowest BCUT2D eigenvalue weighted by Crippen LogP contribution is -2.33. The van der Waals surface area contributed by atoms with Gasteiger partial charge in [0, 0.05) is 28.8 Å². The first-order chi connectivity index (χ1) is 18.4. The zero-order chi connectivity index (χ0) is 26.5. The van der Waals surface area contributed by atoms with Gasteiger partial charge in [-0.3, -0.25) is 15.1 Å². The van der Waals surface area contributed by atoms with E-state index in [0.29, 0.717) is 38.7 Å². The SMILES string of the molecule is CC1(C#Cc2cc3ncnc(Nc4ccc(OCc5ccccn5)c(Cl)c4)c3cc2[N+](=O)[O-])CCNCC1. The molecule has 10 heteroatoms. The molecular weight excluding hydrogens is 504 g/mol. The molecule has 3 heterocycles. The molecule has 0 aliphatic carbocycles. The van der Waals surface area contributed by atoms with Gasteiger partial charge in [-0.1, -0.05) is 29.5 Å². The highest BCUT2D eigenvalue weighted by atomic mass is 35.5. The Morgan fingerprint density at radius 1 is 1.16 bits per heavy atom. The third kappa shape index (κ3) is 5.83. The summed E-state index contributed by atoms with van der Waals surface area (Å²) in [5.41, 5.74) is 2.05. The Labute approximate surface area is 224 Å². The van der Waals surface area contributed by atoms with Crippen molar-refractivity contribution >= 4 is 39.7 Å². The fourth-order valence-corrected chi connectivity index (χ4v) is 4.47. The number of rotatable bonds is 6. The van der Waals surface area contributed by atoms with Crippen molar-refractivity contribution < 1.29 is 9.66 Å². The highest BCUT2D eigenvalue weighted by Gasteiger charge is 2.25. The first-order valence-corrected chi connectivity index (χ1v) is 12.5. The molecule has 0 unspecified atom stereocenters. The van der Waals surface area contributed by atoms with Gasteiger partial charge in [-0.15, -0.1) is 0 Å². The van der Waals surface area contributed by atoms with Crippen molar-refractivity contribution in [1.82, 2.24) is 20.3 Å². The third-order valence-corrected chi connectivity index (χ3v) is 6.75. The second-order valence-electron chi connectivity index (χ2n) is 9.31. The third-order valence-electron chi connectivity index (χ3n) is 6.45. The standard InChI is InChI=1S/C28H25ClN6O3/c1-28(9-12-30-13-10-28)8-7-19-14-24-22(16-25(19)35(36)37)27(33-18-32-24)34-20-5-6-26(23(29)15-20)38-17-21-4-2-3-11-31-21/h2-6,11,14-16,18,30H,9-10,12-13,17H2,1H3,(H,32,33,34). The summed E-state index contributed by atoms with van der Waals surface area (Å²) in [4.78, 5) is 24.4. The highest BCUT2D eigenvalue weighted by molar-refractivity contribution is 6.32. The van der Waals surface area contributed by atoms with Crippen LogP contribution < -0.4 is 15.4 Å². The Bertz CT molecular complexity index is 1550. The molecule has 0 radical (unpaired) electrons. The molecule has 2 aromatic heterocycles. The molecule has 1 aliphatic rings. The van der Waals surface area contributed by atoms with Crippen molar-refractivity contribution in [3.63, 3.8) is 0 Å². The molecular formula is C28H25ClN6O3. The molecule has 0 amide bonds. The van der Waals surface area contributed by atoms with Crippen LogP contribution in [0.1, 0.15) is 31.0 Å². The molecule has 5 rings (SSSR count). The predicted molar refractivity (Wildman–Crippen MR) is 147 cm³/mol. The molecule has 2 aromatic carbocycles. The van der Waals surface area contributed by atoms with Crippen LogP contribution in [0.4, 0.5) is 17.2 Å². The maximum Gasteiger partial charge on any atom is 0.285 e. The summed E-state index contributed by atoms with van der Waals surface area (Å²) in [6.07, 6.45) is 4.90. The van der Waals surface area contributed by atoms with E-state index < -0.39 is 4.92 Å². The Morgan fingerprint density at radius 3 is 2.74 bits per heavy atom. The van der Waals surface area contributed by atoms with Gasteiger partial charge in [0.15, 0.2) is 0 Å². The van der Waals surface area contributed by atoms with Crippen molar-refractivity contribution in [3.8, 4) is 17.6 Å². The maximum atomic E-state index is 11.9. The van der Waals surface area contributed by atoms with Crippen LogP contribution in [0.3, 0.4) is 0 Å². The number of nitro benzene ring substituents is 1. The van der Waals surface area contributed by atoms with Crippen LogP contribution >= 0.6 is 11.6 Å². The van der Waals surface area contributed by atoms with Crippen LogP contribution in [0.15, 0.2) is 61.1 Å². The van der Waals surface area contributed by atoms with Crippen LogP contribution in [-0.2, 0) is 6.61 Å². The Kier molecular flexibility index (Phi) is 7.36. The van der Waals surface area contributed by atoms with Gasteiger partial charge in [-0.05, 0) is 69.3 Å². The molecule has 1 aliphatic heterocycles. The fourth-order valence-electron chi connectivity index (χ4n) is 4.23. The molecule has 1 saturated heterocycles. The van der Waals surface area contributed by atoms with E-state index in [1.54, 1.807) is 30.5 Å². The Balaban J connectivity index is 1.41. The number of pyridine rings is 1. The number of halogens is 1. The van der Waals surface area contributed by atoms with Crippen molar-refractivity contribution in [1.29, 1.82) is 0 Å². The van der Waals surface area contributed by atoms with Crippen LogP contribution in [0.25, 0.3) is 10.9 Å². The predicted octanol–water partition coefficient (Wildman–Crippen LogP) is 5.65. The van der Waals surface area contributed by atoms with Gasteiger partial charge in [0.1, 0.15) is 30.1 Å². The number of hydrogen-bond acceptors (Lipinski definition) is 8. The van der Waals surface area contributed by atoms with E-state index in [4.69, 9.17) is 16.3 Å². The summed E-state index contributed by atoms with van der Waals surface area (Å²) in [6.45, 7) is 4.15. The Hall–Kier alpha value is -4.26. The number of aromatic nitrogens is 3. The highest BCUT2D eigenvalue weighted by Crippen LogP contribution is 2.33. The van der Waals surface area contributed by atoms with Gasteiger partial charge in [0.05, 0.1) is 21.2 Å². The molecule has 1 fully saturated rings. The van der Waals surface area contributed by atoms with Gasteiger partial charge in [0.2, 0.25) is 0 Å². The number of nitrogens with zero attached hydrogens (tertiary/aromatic N) is 4. The van der Waals surface area contributed by atoms with Crippen LogP contribution in [0.5, 0.6) is 5.75 Å². The number of fused-ring (bicyclic) bond motifs is 1. The molecule has 0 saturated carbocycles. The lowest BCUT2D eigenvalue weighted by Gasteiger charge is -2.28. The summed E-state index contributed by atoms with van der Waals surface area (Å²) in [5, 5.41) is 19.4. The van der Waals surface area contributed by atoms with Gasteiger partial charge >= 0.3 is 0 Å². The number of ether oxygens (including phenoxy) is 1. The monoisotopic (exact) mass is 528 g/mol.